The topological polar surface area (TPSA) is 109 Å². The lowest BCUT2D eigenvalue weighted by atomic mass is 10.1. The van der Waals surface area contributed by atoms with E-state index in [1.54, 1.807) is 0 Å². The van der Waals surface area contributed by atoms with Gasteiger partial charge in [0.2, 0.25) is 0 Å². The number of benzene rings is 1. The minimum atomic E-state index is -2.87. The molecule has 8 nitrogen and oxygen atoms in total. The third-order valence-corrected chi connectivity index (χ3v) is 6.32. The third-order valence-electron chi connectivity index (χ3n) is 4.48. The Kier molecular flexibility index (Phi) is 11.1. The van der Waals surface area contributed by atoms with E-state index in [1.165, 1.54) is 0 Å². The molecule has 1 atom stereocenters. The first-order valence-electron chi connectivity index (χ1n) is 10.4. The highest BCUT2D eigenvalue weighted by atomic mass is 127. The van der Waals surface area contributed by atoms with E-state index in [0.29, 0.717) is 31.2 Å². The average Bonchev–Trinajstić information content (AvgIpc) is 2.98. The van der Waals surface area contributed by atoms with Crippen molar-refractivity contribution >= 4 is 51.6 Å². The van der Waals surface area contributed by atoms with Gasteiger partial charge < -0.3 is 15.4 Å². The van der Waals surface area contributed by atoms with Crippen LogP contribution in [0.5, 0.6) is 0 Å². The van der Waals surface area contributed by atoms with Crippen LogP contribution in [0, 0.1) is 5.92 Å². The first-order chi connectivity index (χ1) is 14.1. The summed E-state index contributed by atoms with van der Waals surface area (Å²) in [4.78, 5) is 16.4. The summed E-state index contributed by atoms with van der Waals surface area (Å²) in [6.45, 7) is 9.40. The van der Waals surface area contributed by atoms with Gasteiger partial charge in [-0.1, -0.05) is 12.1 Å². The second kappa shape index (κ2) is 12.5. The number of rotatable bonds is 7. The van der Waals surface area contributed by atoms with Gasteiger partial charge in [-0.2, -0.15) is 0 Å². The number of ether oxygens (including phenoxy) is 1. The highest BCUT2D eigenvalue weighted by molar-refractivity contribution is 14.0. The fourth-order valence-corrected chi connectivity index (χ4v) is 4.93. The van der Waals surface area contributed by atoms with E-state index in [4.69, 9.17) is 4.74 Å². The fraction of sp³-hybridized carbons (Fsp3) is 0.619. The molecular weight excluding hydrogens is 531 g/mol. The molecule has 0 saturated carbocycles. The van der Waals surface area contributed by atoms with Crippen LogP contribution in [0.25, 0.3) is 0 Å². The fourth-order valence-electron chi connectivity index (χ4n) is 3.08. The molecule has 1 aliphatic rings. The lowest BCUT2D eigenvalue weighted by Crippen LogP contribution is -2.38. The molecule has 3 N–H and O–H groups in total. The Morgan fingerprint density at radius 2 is 1.87 bits per heavy atom. The van der Waals surface area contributed by atoms with Gasteiger partial charge in [0.05, 0.1) is 11.5 Å². The molecule has 0 bridgehead atoms. The molecule has 1 heterocycles. The van der Waals surface area contributed by atoms with E-state index >= 15 is 0 Å². The van der Waals surface area contributed by atoms with Crippen LogP contribution < -0.4 is 16.0 Å². The summed E-state index contributed by atoms with van der Waals surface area (Å²) in [5, 5.41) is 9.19. The lowest BCUT2D eigenvalue weighted by Gasteiger charge is -2.19. The van der Waals surface area contributed by atoms with Crippen molar-refractivity contribution in [1.82, 2.24) is 10.6 Å². The molecule has 0 aromatic heterocycles. The molecule has 1 saturated heterocycles. The zero-order valence-electron chi connectivity index (χ0n) is 18.7. The Bertz CT molecular complexity index is 836. The smallest absolute Gasteiger partial charge is 0.412 e. The van der Waals surface area contributed by atoms with Crippen LogP contribution in [0.1, 0.15) is 39.7 Å². The summed E-state index contributed by atoms with van der Waals surface area (Å²) in [7, 11) is -2.87. The molecule has 0 aliphatic carbocycles. The van der Waals surface area contributed by atoms with Crippen LogP contribution in [-0.4, -0.2) is 57.2 Å². The van der Waals surface area contributed by atoms with Crippen molar-refractivity contribution < 1.29 is 17.9 Å². The number of halogens is 1. The number of sulfone groups is 1. The van der Waals surface area contributed by atoms with E-state index in [0.717, 1.165) is 18.5 Å². The summed E-state index contributed by atoms with van der Waals surface area (Å²) in [6, 6.07) is 7.61. The second-order valence-electron chi connectivity index (χ2n) is 8.49. The number of amides is 1. The quantitative estimate of drug-likeness (QED) is 0.266. The first-order valence-corrected chi connectivity index (χ1v) is 12.2. The summed E-state index contributed by atoms with van der Waals surface area (Å²) in [6.07, 6.45) is 1.00. The van der Waals surface area contributed by atoms with Gasteiger partial charge >= 0.3 is 6.09 Å². The Morgan fingerprint density at radius 3 is 2.42 bits per heavy atom. The van der Waals surface area contributed by atoms with Crippen molar-refractivity contribution in [3.05, 3.63) is 29.8 Å². The maximum absolute atomic E-state index is 11.8. The van der Waals surface area contributed by atoms with E-state index in [9.17, 15) is 13.2 Å². The van der Waals surface area contributed by atoms with Gasteiger partial charge in [0.15, 0.2) is 15.8 Å². The van der Waals surface area contributed by atoms with Crippen LogP contribution in [0.4, 0.5) is 10.5 Å². The van der Waals surface area contributed by atoms with Gasteiger partial charge in [0.1, 0.15) is 5.60 Å². The van der Waals surface area contributed by atoms with E-state index in [1.807, 2.05) is 52.0 Å². The molecule has 0 spiro atoms. The first kappa shape index (κ1) is 27.5. The monoisotopic (exact) mass is 566 g/mol. The van der Waals surface area contributed by atoms with Crippen molar-refractivity contribution in [2.45, 2.75) is 46.1 Å². The molecule has 2 rings (SSSR count). The molecule has 0 radical (unpaired) electrons. The summed E-state index contributed by atoms with van der Waals surface area (Å²) >= 11 is 0. The number of carbonyl (C=O) groups is 1. The number of hydrogen-bond acceptors (Lipinski definition) is 5. The van der Waals surface area contributed by atoms with Crippen LogP contribution in [-0.2, 0) is 21.0 Å². The van der Waals surface area contributed by atoms with Crippen molar-refractivity contribution in [2.24, 2.45) is 10.9 Å². The Labute approximate surface area is 202 Å². The summed E-state index contributed by atoms with van der Waals surface area (Å²) in [5.74, 6) is 1.32. The molecule has 176 valence electrons. The predicted octanol–water partition coefficient (Wildman–Crippen LogP) is 3.18. The van der Waals surface area contributed by atoms with Gasteiger partial charge in [-0.25, -0.2) is 13.2 Å². The zero-order valence-corrected chi connectivity index (χ0v) is 21.9. The number of nitrogens with one attached hydrogen (secondary N) is 3. The molecule has 1 aromatic rings. The summed E-state index contributed by atoms with van der Waals surface area (Å²) < 4.78 is 28.4. The minimum absolute atomic E-state index is 0. The Morgan fingerprint density at radius 1 is 1.19 bits per heavy atom. The SMILES string of the molecule is CCNC(=NCC1CCS(=O)(=O)C1)NCCc1ccc(NC(=O)OC(C)(C)C)cc1.I. The van der Waals surface area contributed by atoms with Crippen LogP contribution in [0.3, 0.4) is 0 Å². The lowest BCUT2D eigenvalue weighted by molar-refractivity contribution is 0.0636. The second-order valence-corrected chi connectivity index (χ2v) is 10.7. The molecule has 1 aromatic carbocycles. The zero-order chi connectivity index (χ0) is 22.2. The molecule has 31 heavy (non-hydrogen) atoms. The molecule has 1 unspecified atom stereocenters. The minimum Gasteiger partial charge on any atom is -0.444 e. The maximum Gasteiger partial charge on any atom is 0.412 e. The van der Waals surface area contributed by atoms with Gasteiger partial charge in [0.25, 0.3) is 0 Å². The molecule has 1 fully saturated rings. The number of guanidine groups is 1. The van der Waals surface area contributed by atoms with Crippen molar-refractivity contribution in [1.29, 1.82) is 0 Å². The number of carbonyl (C=O) groups excluding carboxylic acids is 1. The van der Waals surface area contributed by atoms with Crippen molar-refractivity contribution in [2.75, 3.05) is 36.5 Å². The van der Waals surface area contributed by atoms with E-state index < -0.39 is 21.5 Å². The Hall–Kier alpha value is -1.56. The number of anilines is 1. The van der Waals surface area contributed by atoms with E-state index in [-0.39, 0.29) is 41.4 Å². The molecule has 1 aliphatic heterocycles. The van der Waals surface area contributed by atoms with Gasteiger partial charge in [-0.3, -0.25) is 10.3 Å². The molecule has 1 amide bonds. The van der Waals surface area contributed by atoms with Crippen LogP contribution in [0.2, 0.25) is 0 Å². The standard InChI is InChI=1S/C21H34N4O4S.HI/c1-5-22-19(24-14-17-11-13-30(27,28)15-17)23-12-10-16-6-8-18(9-7-16)25-20(26)29-21(2,3)4;/h6-9,17H,5,10-15H2,1-4H3,(H,25,26)(H2,22,23,24);1H. The van der Waals surface area contributed by atoms with Gasteiger partial charge in [0, 0.05) is 25.3 Å². The molecular formula is C21H35IN4O4S. The van der Waals surface area contributed by atoms with E-state index in [2.05, 4.69) is 20.9 Å². The highest BCUT2D eigenvalue weighted by Crippen LogP contribution is 2.18. The molecule has 10 heteroatoms. The Balaban J connectivity index is 0.00000480. The van der Waals surface area contributed by atoms with Crippen molar-refractivity contribution in [3.8, 4) is 0 Å². The van der Waals surface area contributed by atoms with Gasteiger partial charge in [-0.05, 0) is 64.2 Å². The van der Waals surface area contributed by atoms with Crippen LogP contribution in [0.15, 0.2) is 29.3 Å². The van der Waals surface area contributed by atoms with Crippen molar-refractivity contribution in [3.63, 3.8) is 0 Å². The number of hydrogen-bond donors (Lipinski definition) is 3. The van der Waals surface area contributed by atoms with Gasteiger partial charge in [-0.15, -0.1) is 24.0 Å². The normalized spacial score (nSPS) is 18.1. The summed E-state index contributed by atoms with van der Waals surface area (Å²) in [5.41, 5.74) is 1.27. The third kappa shape index (κ3) is 11.0. The largest absolute Gasteiger partial charge is 0.444 e. The predicted molar refractivity (Wildman–Crippen MR) is 136 cm³/mol. The average molecular weight is 567 g/mol. The maximum atomic E-state index is 11.8. The van der Waals surface area contributed by atoms with Crippen LogP contribution >= 0.6 is 24.0 Å². The highest BCUT2D eigenvalue weighted by Gasteiger charge is 2.27. The number of aliphatic imine (C=N–C) groups is 1. The number of nitrogens with zero attached hydrogens (tertiary/aromatic N) is 1.